The Hall–Kier alpha value is -1.14. The lowest BCUT2D eigenvalue weighted by Gasteiger charge is -2.10. The maximum Gasteiger partial charge on any atom is 0.262 e. The second-order valence-electron chi connectivity index (χ2n) is 3.84. The van der Waals surface area contributed by atoms with E-state index in [1.165, 1.54) is 36.4 Å². The molecule has 0 spiro atoms. The molecule has 0 atom stereocenters. The molecule has 0 aromatic heterocycles. The number of nitrogens with one attached hydrogen (secondary N) is 1. The van der Waals surface area contributed by atoms with Gasteiger partial charge in [-0.3, -0.25) is 4.72 Å². The van der Waals surface area contributed by atoms with Crippen LogP contribution in [0.25, 0.3) is 0 Å². The molecule has 0 unspecified atom stereocenters. The van der Waals surface area contributed by atoms with Gasteiger partial charge < -0.3 is 5.11 Å². The fourth-order valence-electron chi connectivity index (χ4n) is 1.44. The second kappa shape index (κ2) is 5.69. The number of hydrogen-bond acceptors (Lipinski definition) is 3. The van der Waals surface area contributed by atoms with Gasteiger partial charge in [0, 0.05) is 11.1 Å². The maximum absolute atomic E-state index is 12.1. The van der Waals surface area contributed by atoms with Crippen LogP contribution in [0.3, 0.4) is 0 Å². The quantitative estimate of drug-likeness (QED) is 0.815. The van der Waals surface area contributed by atoms with Gasteiger partial charge in [-0.15, -0.1) is 0 Å². The zero-order valence-corrected chi connectivity index (χ0v) is 12.9. The Labute approximate surface area is 131 Å². The minimum absolute atomic E-state index is 0.0143. The second-order valence-corrected chi connectivity index (χ2v) is 6.78. The Morgan fingerprint density at radius 3 is 2.25 bits per heavy atom. The number of phenols is 1. The molecule has 4 nitrogen and oxygen atoms in total. The molecule has 2 N–H and O–H groups in total. The van der Waals surface area contributed by atoms with E-state index in [-0.39, 0.29) is 26.4 Å². The normalized spacial score (nSPS) is 11.3. The molecule has 0 radical (unpaired) electrons. The Bertz CT molecular complexity index is 763. The van der Waals surface area contributed by atoms with Crippen LogP contribution in [0.2, 0.25) is 15.1 Å². The van der Waals surface area contributed by atoms with E-state index >= 15 is 0 Å². The zero-order valence-electron chi connectivity index (χ0n) is 9.77. The Kier molecular flexibility index (Phi) is 4.34. The van der Waals surface area contributed by atoms with E-state index in [1.54, 1.807) is 0 Å². The van der Waals surface area contributed by atoms with Gasteiger partial charge in [0.25, 0.3) is 10.0 Å². The summed E-state index contributed by atoms with van der Waals surface area (Å²) in [4.78, 5) is -0.0683. The van der Waals surface area contributed by atoms with E-state index in [2.05, 4.69) is 4.72 Å². The number of rotatable bonds is 3. The predicted molar refractivity (Wildman–Crippen MR) is 80.4 cm³/mol. The first-order chi connectivity index (χ1) is 9.29. The molecule has 2 aromatic carbocycles. The molecule has 2 rings (SSSR count). The minimum Gasteiger partial charge on any atom is -0.506 e. The molecule has 0 amide bonds. The van der Waals surface area contributed by atoms with Gasteiger partial charge in [-0.1, -0.05) is 34.8 Å². The summed E-state index contributed by atoms with van der Waals surface area (Å²) in [6, 6.07) is 7.94. The van der Waals surface area contributed by atoms with Crippen molar-refractivity contribution in [2.75, 3.05) is 4.72 Å². The molecule has 20 heavy (non-hydrogen) atoms. The van der Waals surface area contributed by atoms with Gasteiger partial charge in [-0.05, 0) is 30.3 Å². The van der Waals surface area contributed by atoms with E-state index in [4.69, 9.17) is 34.8 Å². The molecule has 0 bridgehead atoms. The highest BCUT2D eigenvalue weighted by molar-refractivity contribution is 7.92. The molecule has 2 aromatic rings. The summed E-state index contributed by atoms with van der Waals surface area (Å²) < 4.78 is 26.5. The van der Waals surface area contributed by atoms with Crippen LogP contribution >= 0.6 is 34.8 Å². The molecule has 106 valence electrons. The Balaban J connectivity index is 2.38. The van der Waals surface area contributed by atoms with Crippen molar-refractivity contribution in [3.63, 3.8) is 0 Å². The summed E-state index contributed by atoms with van der Waals surface area (Å²) in [6.45, 7) is 0. The van der Waals surface area contributed by atoms with Gasteiger partial charge in [0.15, 0.2) is 0 Å². The highest BCUT2D eigenvalue weighted by Gasteiger charge is 2.17. The van der Waals surface area contributed by atoms with Crippen LogP contribution in [-0.4, -0.2) is 13.5 Å². The van der Waals surface area contributed by atoms with Gasteiger partial charge in [0.2, 0.25) is 0 Å². The highest BCUT2D eigenvalue weighted by Crippen LogP contribution is 2.30. The first-order valence-electron chi connectivity index (χ1n) is 5.26. The SMILES string of the molecule is O=S(=O)(Nc1ccc(Cl)cc1O)c1ccc(Cl)c(Cl)c1. The molecule has 8 heteroatoms. The standard InChI is InChI=1S/C12H8Cl3NO3S/c13-7-1-4-11(12(17)5-7)16-20(18,19)8-2-3-9(14)10(15)6-8/h1-6,16-17H. The molecule has 0 fully saturated rings. The number of benzene rings is 2. The third kappa shape index (κ3) is 3.30. The van der Waals surface area contributed by atoms with Crippen molar-refractivity contribution in [1.29, 1.82) is 0 Å². The van der Waals surface area contributed by atoms with E-state index in [0.29, 0.717) is 5.02 Å². The fraction of sp³-hybridized carbons (Fsp3) is 0. The first kappa shape index (κ1) is 15.3. The van der Waals surface area contributed by atoms with Crippen molar-refractivity contribution < 1.29 is 13.5 Å². The molecule has 0 saturated heterocycles. The van der Waals surface area contributed by atoms with Crippen molar-refractivity contribution in [3.05, 3.63) is 51.5 Å². The van der Waals surface area contributed by atoms with Crippen LogP contribution in [0.5, 0.6) is 5.75 Å². The van der Waals surface area contributed by atoms with E-state index in [1.807, 2.05) is 0 Å². The van der Waals surface area contributed by atoms with Crippen LogP contribution in [0, 0.1) is 0 Å². The average Bonchev–Trinajstić information content (AvgIpc) is 2.36. The third-order valence-electron chi connectivity index (χ3n) is 2.41. The van der Waals surface area contributed by atoms with Gasteiger partial charge in [0.1, 0.15) is 5.75 Å². The Morgan fingerprint density at radius 2 is 1.65 bits per heavy atom. The minimum atomic E-state index is -3.88. The molecule has 0 aliphatic carbocycles. The first-order valence-corrected chi connectivity index (χ1v) is 7.88. The topological polar surface area (TPSA) is 66.4 Å². The van der Waals surface area contributed by atoms with Gasteiger partial charge in [0.05, 0.1) is 20.6 Å². The smallest absolute Gasteiger partial charge is 0.262 e. The van der Waals surface area contributed by atoms with E-state index in [0.717, 1.165) is 0 Å². The molecule has 0 saturated carbocycles. The average molecular weight is 353 g/mol. The van der Waals surface area contributed by atoms with Gasteiger partial charge in [-0.2, -0.15) is 0 Å². The number of phenolic OH excluding ortho intramolecular Hbond substituents is 1. The monoisotopic (exact) mass is 351 g/mol. The van der Waals surface area contributed by atoms with Crippen molar-refractivity contribution >= 4 is 50.5 Å². The summed E-state index contributed by atoms with van der Waals surface area (Å²) >= 11 is 17.2. The summed E-state index contributed by atoms with van der Waals surface area (Å²) in [5, 5.41) is 10.3. The molecular weight excluding hydrogens is 345 g/mol. The van der Waals surface area contributed by atoms with Crippen molar-refractivity contribution in [3.8, 4) is 5.75 Å². The van der Waals surface area contributed by atoms with Crippen molar-refractivity contribution in [2.24, 2.45) is 0 Å². The van der Waals surface area contributed by atoms with Crippen LogP contribution in [0.15, 0.2) is 41.3 Å². The van der Waals surface area contributed by atoms with Crippen LogP contribution in [0.1, 0.15) is 0 Å². The van der Waals surface area contributed by atoms with Crippen LogP contribution < -0.4 is 4.72 Å². The molecule has 0 heterocycles. The predicted octanol–water partition coefficient (Wildman–Crippen LogP) is 4.15. The molecule has 0 aliphatic rings. The number of sulfonamides is 1. The van der Waals surface area contributed by atoms with Crippen LogP contribution in [0.4, 0.5) is 5.69 Å². The number of aromatic hydroxyl groups is 1. The molecular formula is C12H8Cl3NO3S. The van der Waals surface area contributed by atoms with Crippen molar-refractivity contribution in [2.45, 2.75) is 4.90 Å². The number of hydrogen-bond donors (Lipinski definition) is 2. The number of anilines is 1. The summed E-state index contributed by atoms with van der Waals surface area (Å²) in [5.74, 6) is -0.277. The van der Waals surface area contributed by atoms with E-state index in [9.17, 15) is 13.5 Å². The van der Waals surface area contributed by atoms with Crippen LogP contribution in [-0.2, 0) is 10.0 Å². The highest BCUT2D eigenvalue weighted by atomic mass is 35.5. The lowest BCUT2D eigenvalue weighted by atomic mass is 10.3. The lowest BCUT2D eigenvalue weighted by molar-refractivity contribution is 0.477. The third-order valence-corrected chi connectivity index (χ3v) is 4.74. The molecule has 0 aliphatic heterocycles. The number of halogens is 3. The van der Waals surface area contributed by atoms with Gasteiger partial charge >= 0.3 is 0 Å². The van der Waals surface area contributed by atoms with Crippen molar-refractivity contribution in [1.82, 2.24) is 0 Å². The lowest BCUT2D eigenvalue weighted by Crippen LogP contribution is -2.13. The largest absolute Gasteiger partial charge is 0.506 e. The summed E-state index contributed by atoms with van der Waals surface area (Å²) in [7, 11) is -3.88. The Morgan fingerprint density at radius 1 is 0.950 bits per heavy atom. The zero-order chi connectivity index (χ0) is 14.9. The maximum atomic E-state index is 12.1. The fourth-order valence-corrected chi connectivity index (χ4v) is 3.07. The summed E-state index contributed by atoms with van der Waals surface area (Å²) in [5.41, 5.74) is 0.0143. The van der Waals surface area contributed by atoms with E-state index < -0.39 is 10.0 Å². The summed E-state index contributed by atoms with van der Waals surface area (Å²) in [6.07, 6.45) is 0. The van der Waals surface area contributed by atoms with Gasteiger partial charge in [-0.25, -0.2) is 8.42 Å².